The van der Waals surface area contributed by atoms with Crippen molar-refractivity contribution in [3.63, 3.8) is 0 Å². The SMILES string of the molecule is O=C(COC(=O)[C@@H]1CC(=O)N(c2cccc([N+](=O)[O-])c2)C1)NNC(=O)c1ccc(Cl)cc1. The van der Waals surface area contributed by atoms with Crippen molar-refractivity contribution in [2.45, 2.75) is 6.42 Å². The van der Waals surface area contributed by atoms with E-state index in [0.29, 0.717) is 10.7 Å². The van der Waals surface area contributed by atoms with E-state index in [9.17, 15) is 29.3 Å². The van der Waals surface area contributed by atoms with Crippen LogP contribution in [0.2, 0.25) is 5.02 Å². The third-order valence-corrected chi connectivity index (χ3v) is 4.83. The number of hydrazine groups is 1. The molecule has 0 aromatic heterocycles. The molecule has 0 spiro atoms. The fourth-order valence-corrected chi connectivity index (χ4v) is 3.11. The first-order valence-electron chi connectivity index (χ1n) is 9.31. The number of rotatable bonds is 6. The van der Waals surface area contributed by atoms with Gasteiger partial charge < -0.3 is 9.64 Å². The molecule has 2 aromatic rings. The molecule has 0 radical (unpaired) electrons. The number of amides is 3. The van der Waals surface area contributed by atoms with Crippen molar-refractivity contribution in [1.82, 2.24) is 10.9 Å². The number of benzene rings is 2. The minimum atomic E-state index is -0.835. The predicted molar refractivity (Wildman–Crippen MR) is 112 cm³/mol. The van der Waals surface area contributed by atoms with Gasteiger partial charge in [0.1, 0.15) is 0 Å². The van der Waals surface area contributed by atoms with Crippen LogP contribution in [-0.2, 0) is 19.1 Å². The first kappa shape index (κ1) is 22.7. The Morgan fingerprint density at radius 3 is 2.56 bits per heavy atom. The van der Waals surface area contributed by atoms with E-state index in [-0.39, 0.29) is 24.2 Å². The normalized spacial score (nSPS) is 15.2. The Labute approximate surface area is 186 Å². The quantitative estimate of drug-likeness (QED) is 0.378. The molecule has 0 unspecified atom stereocenters. The number of carbonyl (C=O) groups is 4. The van der Waals surface area contributed by atoms with Crippen LogP contribution in [0.3, 0.4) is 0 Å². The van der Waals surface area contributed by atoms with Crippen molar-refractivity contribution >= 4 is 46.7 Å². The van der Waals surface area contributed by atoms with Gasteiger partial charge in [-0.05, 0) is 30.3 Å². The smallest absolute Gasteiger partial charge is 0.311 e. The van der Waals surface area contributed by atoms with Gasteiger partial charge in [0.15, 0.2) is 6.61 Å². The van der Waals surface area contributed by atoms with E-state index >= 15 is 0 Å². The number of nitrogens with one attached hydrogen (secondary N) is 2. The van der Waals surface area contributed by atoms with E-state index in [4.69, 9.17) is 16.3 Å². The number of hydrogen-bond donors (Lipinski definition) is 2. The molecule has 1 aliphatic rings. The van der Waals surface area contributed by atoms with Crippen LogP contribution in [0, 0.1) is 16.0 Å². The van der Waals surface area contributed by atoms with Crippen molar-refractivity contribution in [2.24, 2.45) is 5.92 Å². The van der Waals surface area contributed by atoms with Gasteiger partial charge >= 0.3 is 5.97 Å². The van der Waals surface area contributed by atoms with Crippen molar-refractivity contribution in [3.05, 3.63) is 69.2 Å². The number of nitrogens with zero attached hydrogens (tertiary/aromatic N) is 2. The number of non-ortho nitro benzene ring substituents is 1. The summed E-state index contributed by atoms with van der Waals surface area (Å²) in [6.45, 7) is -0.699. The fraction of sp³-hybridized carbons (Fsp3) is 0.200. The summed E-state index contributed by atoms with van der Waals surface area (Å²) in [7, 11) is 0. The summed E-state index contributed by atoms with van der Waals surface area (Å²) >= 11 is 5.74. The van der Waals surface area contributed by atoms with Crippen LogP contribution in [0.4, 0.5) is 11.4 Å². The summed E-state index contributed by atoms with van der Waals surface area (Å²) in [5, 5.41) is 11.4. The molecule has 1 atom stereocenters. The molecule has 3 amide bonds. The number of nitro benzene ring substituents is 1. The van der Waals surface area contributed by atoms with Crippen LogP contribution in [0.5, 0.6) is 0 Å². The number of hydrogen-bond acceptors (Lipinski definition) is 7. The Morgan fingerprint density at radius 1 is 1.16 bits per heavy atom. The van der Waals surface area contributed by atoms with Gasteiger partial charge in [-0.15, -0.1) is 0 Å². The average molecular weight is 461 g/mol. The Bertz CT molecular complexity index is 1070. The van der Waals surface area contributed by atoms with Crippen molar-refractivity contribution < 1.29 is 28.8 Å². The molecule has 32 heavy (non-hydrogen) atoms. The van der Waals surface area contributed by atoms with Gasteiger partial charge in [0.2, 0.25) is 5.91 Å². The molecule has 12 heteroatoms. The van der Waals surface area contributed by atoms with Crippen LogP contribution in [0.15, 0.2) is 48.5 Å². The highest BCUT2D eigenvalue weighted by Crippen LogP contribution is 2.28. The van der Waals surface area contributed by atoms with Crippen LogP contribution in [-0.4, -0.2) is 41.8 Å². The van der Waals surface area contributed by atoms with E-state index in [0.717, 1.165) is 0 Å². The van der Waals surface area contributed by atoms with Crippen LogP contribution in [0.25, 0.3) is 0 Å². The van der Waals surface area contributed by atoms with E-state index in [1.165, 1.54) is 53.4 Å². The zero-order valence-corrected chi connectivity index (χ0v) is 17.2. The average Bonchev–Trinajstić information content (AvgIpc) is 3.18. The first-order chi connectivity index (χ1) is 15.2. The fourth-order valence-electron chi connectivity index (χ4n) is 2.98. The molecule has 0 saturated carbocycles. The van der Waals surface area contributed by atoms with Gasteiger partial charge in [0.25, 0.3) is 17.5 Å². The van der Waals surface area contributed by atoms with Gasteiger partial charge in [-0.3, -0.25) is 40.1 Å². The van der Waals surface area contributed by atoms with Crippen LogP contribution < -0.4 is 15.8 Å². The number of esters is 1. The molecule has 1 saturated heterocycles. The summed E-state index contributed by atoms with van der Waals surface area (Å²) in [5.74, 6) is -3.37. The highest BCUT2D eigenvalue weighted by Gasteiger charge is 2.36. The third kappa shape index (κ3) is 5.58. The van der Waals surface area contributed by atoms with Gasteiger partial charge in [0.05, 0.1) is 16.5 Å². The van der Waals surface area contributed by atoms with E-state index in [2.05, 4.69) is 10.9 Å². The van der Waals surface area contributed by atoms with E-state index < -0.39 is 41.1 Å². The molecule has 1 heterocycles. The zero-order valence-electron chi connectivity index (χ0n) is 16.4. The number of anilines is 1. The lowest BCUT2D eigenvalue weighted by Gasteiger charge is -2.16. The summed E-state index contributed by atoms with van der Waals surface area (Å²) in [6, 6.07) is 11.5. The summed E-state index contributed by atoms with van der Waals surface area (Å²) in [4.78, 5) is 59.9. The lowest BCUT2D eigenvalue weighted by atomic mass is 10.1. The standard InChI is InChI=1S/C20H17ClN4O7/c21-14-6-4-12(5-7-14)19(28)23-22-17(26)11-32-20(29)13-8-18(27)24(10-13)15-2-1-3-16(9-15)25(30)31/h1-7,9,13H,8,10-11H2,(H,22,26)(H,23,28)/t13-/m1/s1. The Morgan fingerprint density at radius 2 is 1.88 bits per heavy atom. The monoisotopic (exact) mass is 460 g/mol. The highest BCUT2D eigenvalue weighted by molar-refractivity contribution is 6.30. The Balaban J connectivity index is 1.47. The Hall–Kier alpha value is -3.99. The number of ether oxygens (including phenoxy) is 1. The van der Waals surface area contributed by atoms with Crippen molar-refractivity contribution in [1.29, 1.82) is 0 Å². The van der Waals surface area contributed by atoms with Crippen LogP contribution in [0.1, 0.15) is 16.8 Å². The molecule has 2 N–H and O–H groups in total. The molecule has 1 aliphatic heterocycles. The molecular weight excluding hydrogens is 444 g/mol. The van der Waals surface area contributed by atoms with Crippen molar-refractivity contribution in [3.8, 4) is 0 Å². The van der Waals surface area contributed by atoms with Gasteiger partial charge in [0, 0.05) is 35.7 Å². The predicted octanol–water partition coefficient (Wildman–Crippen LogP) is 1.61. The molecule has 2 aromatic carbocycles. The first-order valence-corrected chi connectivity index (χ1v) is 9.68. The van der Waals surface area contributed by atoms with Gasteiger partial charge in [-0.2, -0.15) is 0 Å². The van der Waals surface area contributed by atoms with Gasteiger partial charge in [-0.1, -0.05) is 17.7 Å². The summed E-state index contributed by atoms with van der Waals surface area (Å²) in [6.07, 6.45) is -0.156. The second kappa shape index (κ2) is 9.88. The largest absolute Gasteiger partial charge is 0.455 e. The maximum absolute atomic E-state index is 12.3. The molecule has 1 fully saturated rings. The molecule has 3 rings (SSSR count). The lowest BCUT2D eigenvalue weighted by molar-refractivity contribution is -0.384. The van der Waals surface area contributed by atoms with E-state index in [1.807, 2.05) is 0 Å². The summed E-state index contributed by atoms with van der Waals surface area (Å²) < 4.78 is 4.93. The number of nitro groups is 1. The minimum absolute atomic E-state index is 0.0340. The maximum atomic E-state index is 12.3. The van der Waals surface area contributed by atoms with Crippen LogP contribution >= 0.6 is 11.6 Å². The maximum Gasteiger partial charge on any atom is 0.311 e. The number of halogens is 1. The Kier molecular flexibility index (Phi) is 7.00. The van der Waals surface area contributed by atoms with Gasteiger partial charge in [-0.25, -0.2) is 0 Å². The molecule has 0 bridgehead atoms. The zero-order chi connectivity index (χ0) is 23.3. The lowest BCUT2D eigenvalue weighted by Crippen LogP contribution is -2.43. The topological polar surface area (TPSA) is 148 Å². The molecule has 0 aliphatic carbocycles. The number of carbonyl (C=O) groups excluding carboxylic acids is 4. The van der Waals surface area contributed by atoms with Crippen molar-refractivity contribution in [2.75, 3.05) is 18.1 Å². The second-order valence-corrected chi connectivity index (χ2v) is 7.24. The molecular formula is C20H17ClN4O7. The van der Waals surface area contributed by atoms with E-state index in [1.54, 1.807) is 0 Å². The minimum Gasteiger partial charge on any atom is -0.455 e. The highest BCUT2D eigenvalue weighted by atomic mass is 35.5. The second-order valence-electron chi connectivity index (χ2n) is 6.80. The molecule has 166 valence electrons. The summed E-state index contributed by atoms with van der Waals surface area (Å²) in [5.41, 5.74) is 4.66. The molecule has 11 nitrogen and oxygen atoms in total. The third-order valence-electron chi connectivity index (χ3n) is 4.58.